The summed E-state index contributed by atoms with van der Waals surface area (Å²) in [6.07, 6.45) is 0.766. The van der Waals surface area contributed by atoms with E-state index < -0.39 is 0 Å². The van der Waals surface area contributed by atoms with E-state index >= 15 is 0 Å². The molecule has 4 rings (SSSR count). The lowest BCUT2D eigenvalue weighted by Crippen LogP contribution is -2.25. The number of hydrogen-bond acceptors (Lipinski definition) is 6. The number of anilines is 1. The van der Waals surface area contributed by atoms with E-state index in [2.05, 4.69) is 41.5 Å². The molecule has 0 saturated carbocycles. The van der Waals surface area contributed by atoms with Crippen LogP contribution in [-0.2, 0) is 11.2 Å². The van der Waals surface area contributed by atoms with Crippen LogP contribution in [0.3, 0.4) is 0 Å². The fourth-order valence-corrected chi connectivity index (χ4v) is 4.63. The molecule has 1 aliphatic heterocycles. The van der Waals surface area contributed by atoms with Crippen molar-refractivity contribution in [2.24, 2.45) is 0 Å². The van der Waals surface area contributed by atoms with Gasteiger partial charge in [0.05, 0.1) is 10.9 Å². The minimum Gasteiger partial charge on any atom is -0.312 e. The Kier molecular flexibility index (Phi) is 5.91. The molecule has 0 radical (unpaired) electrons. The number of benzene rings is 2. The largest absolute Gasteiger partial charge is 0.312 e. The van der Waals surface area contributed by atoms with Gasteiger partial charge < -0.3 is 4.90 Å². The first-order valence-corrected chi connectivity index (χ1v) is 11.2. The molecule has 0 spiro atoms. The van der Waals surface area contributed by atoms with Crippen LogP contribution in [0.15, 0.2) is 47.6 Å². The first-order chi connectivity index (χ1) is 14.8. The highest BCUT2D eigenvalue weighted by molar-refractivity contribution is 8.00. The molecule has 1 unspecified atom stereocenters. The number of carbonyl (C=O) groups is 2. The highest BCUT2D eigenvalue weighted by Crippen LogP contribution is 2.31. The Bertz CT molecular complexity index is 1120. The summed E-state index contributed by atoms with van der Waals surface area (Å²) in [7, 11) is 0. The standard InChI is InChI=1S/C23H25N5O2S/c1-14(2)17-5-8-20(9-6-17)28-23(24-25-26-28)31-15(3)22(30)19-7-10-21-18(13-19)11-12-27(21)16(4)29/h5-10,13-15H,11-12H2,1-4H3. The Morgan fingerprint density at radius 2 is 1.81 bits per heavy atom. The quantitative estimate of drug-likeness (QED) is 0.429. The molecule has 2 heterocycles. The summed E-state index contributed by atoms with van der Waals surface area (Å²) in [5.41, 5.74) is 4.68. The third-order valence-electron chi connectivity index (χ3n) is 5.54. The van der Waals surface area contributed by atoms with Gasteiger partial charge in [-0.15, -0.1) is 5.10 Å². The van der Waals surface area contributed by atoms with Crippen molar-refractivity contribution in [1.82, 2.24) is 20.2 Å². The number of hydrogen-bond donors (Lipinski definition) is 0. The number of rotatable bonds is 6. The summed E-state index contributed by atoms with van der Waals surface area (Å²) in [4.78, 5) is 26.6. The summed E-state index contributed by atoms with van der Waals surface area (Å²) in [6.45, 7) is 8.39. The molecule has 0 bridgehead atoms. The van der Waals surface area contributed by atoms with Crippen LogP contribution in [0.25, 0.3) is 5.69 Å². The van der Waals surface area contributed by atoms with E-state index in [0.717, 1.165) is 23.4 Å². The molecule has 0 aliphatic carbocycles. The van der Waals surface area contributed by atoms with Gasteiger partial charge in [-0.1, -0.05) is 37.7 Å². The molecule has 2 aromatic carbocycles. The predicted molar refractivity (Wildman–Crippen MR) is 121 cm³/mol. The highest BCUT2D eigenvalue weighted by atomic mass is 32.2. The Morgan fingerprint density at radius 1 is 1.06 bits per heavy atom. The topological polar surface area (TPSA) is 81.0 Å². The van der Waals surface area contributed by atoms with Crippen LogP contribution >= 0.6 is 11.8 Å². The fourth-order valence-electron chi connectivity index (χ4n) is 3.74. The lowest BCUT2D eigenvalue weighted by Gasteiger charge is -2.15. The van der Waals surface area contributed by atoms with E-state index in [1.165, 1.54) is 17.3 Å². The summed E-state index contributed by atoms with van der Waals surface area (Å²) in [6, 6.07) is 13.7. The van der Waals surface area contributed by atoms with Gasteiger partial charge in [-0.3, -0.25) is 9.59 Å². The normalized spacial score (nSPS) is 14.0. The molecule has 0 fully saturated rings. The summed E-state index contributed by atoms with van der Waals surface area (Å²) < 4.78 is 1.66. The predicted octanol–water partition coefficient (Wildman–Crippen LogP) is 4.06. The van der Waals surface area contributed by atoms with Gasteiger partial charge in [0.15, 0.2) is 5.78 Å². The smallest absolute Gasteiger partial charge is 0.223 e. The Hall–Kier alpha value is -3.00. The van der Waals surface area contributed by atoms with Gasteiger partial charge in [-0.05, 0) is 71.1 Å². The Labute approximate surface area is 185 Å². The lowest BCUT2D eigenvalue weighted by atomic mass is 10.0. The average Bonchev–Trinajstić information content (AvgIpc) is 3.39. The zero-order chi connectivity index (χ0) is 22.1. The van der Waals surface area contributed by atoms with Gasteiger partial charge >= 0.3 is 0 Å². The van der Waals surface area contributed by atoms with E-state index in [1.54, 1.807) is 22.6 Å². The molecule has 0 N–H and O–H groups in total. The lowest BCUT2D eigenvalue weighted by molar-refractivity contribution is -0.116. The first kappa shape index (κ1) is 21.2. The Morgan fingerprint density at radius 3 is 2.48 bits per heavy atom. The van der Waals surface area contributed by atoms with Gasteiger partial charge in [-0.2, -0.15) is 4.68 Å². The number of amides is 1. The molecule has 160 valence electrons. The van der Waals surface area contributed by atoms with E-state index in [1.807, 2.05) is 31.2 Å². The molecule has 7 nitrogen and oxygen atoms in total. The first-order valence-electron chi connectivity index (χ1n) is 10.4. The van der Waals surface area contributed by atoms with Gasteiger partial charge in [0, 0.05) is 24.7 Å². The van der Waals surface area contributed by atoms with Crippen molar-refractivity contribution < 1.29 is 9.59 Å². The molecule has 31 heavy (non-hydrogen) atoms. The van der Waals surface area contributed by atoms with Crippen molar-refractivity contribution >= 4 is 29.1 Å². The molecule has 3 aromatic rings. The van der Waals surface area contributed by atoms with Crippen molar-refractivity contribution in [2.45, 2.75) is 50.4 Å². The molecule has 1 aliphatic rings. The molecule has 1 atom stereocenters. The molecular formula is C23H25N5O2S. The average molecular weight is 436 g/mol. The molecule has 1 aromatic heterocycles. The van der Waals surface area contributed by atoms with E-state index in [4.69, 9.17) is 0 Å². The van der Waals surface area contributed by atoms with Gasteiger partial charge in [0.2, 0.25) is 11.1 Å². The van der Waals surface area contributed by atoms with Crippen molar-refractivity contribution in [2.75, 3.05) is 11.4 Å². The summed E-state index contributed by atoms with van der Waals surface area (Å²) in [5.74, 6) is 0.484. The molecule has 0 saturated heterocycles. The number of Topliss-reactive ketones (excluding diaryl/α,β-unsaturated/α-hetero) is 1. The Balaban J connectivity index is 1.51. The zero-order valence-electron chi connectivity index (χ0n) is 18.1. The molecule has 8 heteroatoms. The molecule has 1 amide bonds. The van der Waals surface area contributed by atoms with Gasteiger partial charge in [0.25, 0.3) is 0 Å². The maximum absolute atomic E-state index is 13.1. The van der Waals surface area contributed by atoms with Crippen LogP contribution in [0.4, 0.5) is 5.69 Å². The number of ketones is 1. The van der Waals surface area contributed by atoms with Crippen molar-refractivity contribution in [1.29, 1.82) is 0 Å². The van der Waals surface area contributed by atoms with Crippen LogP contribution in [0.2, 0.25) is 0 Å². The number of carbonyl (C=O) groups excluding carboxylic acids is 2. The third-order valence-corrected chi connectivity index (χ3v) is 6.57. The number of fused-ring (bicyclic) bond motifs is 1. The van der Waals surface area contributed by atoms with E-state index in [0.29, 0.717) is 23.2 Å². The molecular weight excluding hydrogens is 410 g/mol. The minimum absolute atomic E-state index is 0.0128. The second-order valence-electron chi connectivity index (χ2n) is 8.01. The maximum Gasteiger partial charge on any atom is 0.223 e. The fraction of sp³-hybridized carbons (Fsp3) is 0.348. The minimum atomic E-state index is -0.358. The van der Waals surface area contributed by atoms with Crippen molar-refractivity contribution in [3.8, 4) is 5.69 Å². The number of aromatic nitrogens is 4. The summed E-state index contributed by atoms with van der Waals surface area (Å²) >= 11 is 1.34. The van der Waals surface area contributed by atoms with Gasteiger partial charge in [-0.25, -0.2) is 0 Å². The van der Waals surface area contributed by atoms with Crippen molar-refractivity contribution in [3.05, 3.63) is 59.2 Å². The van der Waals surface area contributed by atoms with Crippen LogP contribution in [0.5, 0.6) is 0 Å². The maximum atomic E-state index is 13.1. The van der Waals surface area contributed by atoms with E-state index in [-0.39, 0.29) is 16.9 Å². The monoisotopic (exact) mass is 435 g/mol. The highest BCUT2D eigenvalue weighted by Gasteiger charge is 2.25. The second-order valence-corrected chi connectivity index (χ2v) is 9.32. The van der Waals surface area contributed by atoms with Crippen molar-refractivity contribution in [3.63, 3.8) is 0 Å². The second kappa shape index (κ2) is 8.63. The van der Waals surface area contributed by atoms with Crippen LogP contribution in [0, 0.1) is 0 Å². The SMILES string of the molecule is CC(=O)N1CCc2cc(C(=O)C(C)Sc3nnnn3-c3ccc(C(C)C)cc3)ccc21. The van der Waals surface area contributed by atoms with Crippen LogP contribution in [0.1, 0.15) is 55.1 Å². The van der Waals surface area contributed by atoms with Crippen LogP contribution < -0.4 is 4.90 Å². The number of thioether (sulfide) groups is 1. The number of tetrazole rings is 1. The van der Waals surface area contributed by atoms with Crippen LogP contribution in [-0.4, -0.2) is 43.7 Å². The zero-order valence-corrected chi connectivity index (χ0v) is 18.9. The van der Waals surface area contributed by atoms with Gasteiger partial charge in [0.1, 0.15) is 0 Å². The third kappa shape index (κ3) is 4.25. The summed E-state index contributed by atoms with van der Waals surface area (Å²) in [5, 5.41) is 12.2. The number of nitrogens with zero attached hydrogens (tertiary/aromatic N) is 5. The van der Waals surface area contributed by atoms with E-state index in [9.17, 15) is 9.59 Å².